The summed E-state index contributed by atoms with van der Waals surface area (Å²) in [5, 5.41) is 35.6. The van der Waals surface area contributed by atoms with Crippen molar-refractivity contribution in [1.29, 1.82) is 0 Å². The second-order valence-corrected chi connectivity index (χ2v) is 1.97. The molecular weight excluding hydrogens is 310 g/mol. The minimum absolute atomic E-state index is 0. The average molecular weight is 322 g/mol. The number of rotatable bonds is 0. The van der Waals surface area contributed by atoms with Gasteiger partial charge < -0.3 is 39.6 Å². The molecular formula is C8H12CaNa2O8. The summed E-state index contributed by atoms with van der Waals surface area (Å²) in [7, 11) is 0. The van der Waals surface area contributed by atoms with Gasteiger partial charge in [0.1, 0.15) is 0 Å². The summed E-state index contributed by atoms with van der Waals surface area (Å²) in [5.74, 6) is -4.33. The standard InChI is InChI=1S/4C2H4O2.Ca.2Na/c4*1-2(3)4;;;/h4*1H3,(H,3,4);;;/q;;;;+2;2*+1/p-4. The van der Waals surface area contributed by atoms with E-state index in [1.54, 1.807) is 0 Å². The van der Waals surface area contributed by atoms with Gasteiger partial charge in [0, 0.05) is 23.9 Å². The summed E-state index contributed by atoms with van der Waals surface area (Å²) in [4.78, 5) is 35.6. The predicted molar refractivity (Wildman–Crippen MR) is 48.5 cm³/mol. The maximum atomic E-state index is 8.89. The Kier molecular flexibility index (Phi) is 82.0. The van der Waals surface area contributed by atoms with Crippen LogP contribution in [-0.4, -0.2) is 61.6 Å². The molecule has 0 amide bonds. The Morgan fingerprint density at radius 3 is 0.526 bits per heavy atom. The van der Waals surface area contributed by atoms with Crippen LogP contribution in [0.5, 0.6) is 0 Å². The maximum absolute atomic E-state index is 8.89. The van der Waals surface area contributed by atoms with E-state index >= 15 is 0 Å². The minimum Gasteiger partial charge on any atom is -0.550 e. The van der Waals surface area contributed by atoms with Crippen LogP contribution in [0.15, 0.2) is 0 Å². The van der Waals surface area contributed by atoms with Gasteiger partial charge >= 0.3 is 96.9 Å². The molecule has 0 N–H and O–H groups in total. The SMILES string of the molecule is CC(=O)[O-].CC(=O)[O-].CC(=O)[O-].CC(=O)[O-].[Ca+2].[Na+].[Na+]. The number of carboxylic acid groups (broad SMARTS) is 4. The van der Waals surface area contributed by atoms with E-state index in [0.717, 1.165) is 27.7 Å². The second kappa shape index (κ2) is 36.5. The van der Waals surface area contributed by atoms with E-state index in [1.807, 2.05) is 0 Å². The summed E-state index contributed by atoms with van der Waals surface area (Å²) in [6.45, 7) is 3.89. The van der Waals surface area contributed by atoms with Gasteiger partial charge in [-0.15, -0.1) is 0 Å². The fourth-order valence-electron chi connectivity index (χ4n) is 0. The Balaban J connectivity index is -0.0000000192. The molecule has 0 unspecified atom stereocenters. The summed E-state index contributed by atoms with van der Waals surface area (Å²) in [6.07, 6.45) is 0. The Morgan fingerprint density at radius 2 is 0.526 bits per heavy atom. The zero-order chi connectivity index (χ0) is 14.3. The monoisotopic (exact) mass is 322 g/mol. The molecule has 0 rings (SSSR count). The first-order chi connectivity index (χ1) is 6.93. The number of carbonyl (C=O) groups is 4. The molecule has 8 nitrogen and oxygen atoms in total. The van der Waals surface area contributed by atoms with Gasteiger partial charge in [-0.3, -0.25) is 0 Å². The van der Waals surface area contributed by atoms with Crippen molar-refractivity contribution in [3.63, 3.8) is 0 Å². The normalized spacial score (nSPS) is 5.26. The first kappa shape index (κ1) is 42.7. The molecule has 0 aliphatic rings. The summed E-state index contributed by atoms with van der Waals surface area (Å²) in [6, 6.07) is 0. The zero-order valence-electron chi connectivity index (χ0n) is 12.0. The molecule has 0 bridgehead atoms. The molecule has 0 aliphatic carbocycles. The van der Waals surface area contributed by atoms with Crippen LogP contribution >= 0.6 is 0 Å². The molecule has 0 saturated heterocycles. The second-order valence-electron chi connectivity index (χ2n) is 1.97. The van der Waals surface area contributed by atoms with Crippen LogP contribution in [0.4, 0.5) is 0 Å². The number of hydrogen-bond donors (Lipinski definition) is 0. The molecule has 0 aromatic rings. The Bertz CT molecular complexity index is 171. The molecule has 11 heteroatoms. The first-order valence-corrected chi connectivity index (χ1v) is 3.63. The van der Waals surface area contributed by atoms with Crippen molar-refractivity contribution >= 4 is 61.6 Å². The van der Waals surface area contributed by atoms with Gasteiger partial charge in [0.05, 0.1) is 0 Å². The smallest absolute Gasteiger partial charge is 0.550 e. The molecule has 0 heterocycles. The Labute approximate surface area is 185 Å². The van der Waals surface area contributed by atoms with E-state index in [-0.39, 0.29) is 96.9 Å². The number of carbonyl (C=O) groups excluding carboxylic acids is 4. The Hall–Kier alpha value is 1.14. The van der Waals surface area contributed by atoms with E-state index in [1.165, 1.54) is 0 Å². The van der Waals surface area contributed by atoms with Crippen molar-refractivity contribution in [3.05, 3.63) is 0 Å². The molecule has 0 aliphatic heterocycles. The number of carboxylic acids is 4. The van der Waals surface area contributed by atoms with Crippen molar-refractivity contribution in [2.45, 2.75) is 27.7 Å². The number of hydrogen-bond acceptors (Lipinski definition) is 8. The van der Waals surface area contributed by atoms with E-state index in [0.29, 0.717) is 0 Å². The molecule has 19 heavy (non-hydrogen) atoms. The molecule has 0 aromatic heterocycles. The average Bonchev–Trinajstić information content (AvgIpc) is 1.76. The maximum Gasteiger partial charge on any atom is 2.00 e. The fourth-order valence-corrected chi connectivity index (χ4v) is 0. The molecule has 0 spiro atoms. The minimum atomic E-state index is -1.08. The first-order valence-electron chi connectivity index (χ1n) is 3.63. The topological polar surface area (TPSA) is 161 Å². The van der Waals surface area contributed by atoms with Gasteiger partial charge in [0.15, 0.2) is 0 Å². The summed E-state index contributed by atoms with van der Waals surface area (Å²) >= 11 is 0. The van der Waals surface area contributed by atoms with Crippen molar-refractivity contribution in [2.24, 2.45) is 0 Å². The van der Waals surface area contributed by atoms with Crippen LogP contribution in [0.1, 0.15) is 27.7 Å². The van der Waals surface area contributed by atoms with Gasteiger partial charge in [-0.2, -0.15) is 0 Å². The van der Waals surface area contributed by atoms with Crippen LogP contribution in [0.3, 0.4) is 0 Å². The zero-order valence-corrected chi connectivity index (χ0v) is 18.2. The molecule has 96 valence electrons. The van der Waals surface area contributed by atoms with Crippen molar-refractivity contribution < 1.29 is 98.7 Å². The van der Waals surface area contributed by atoms with E-state index < -0.39 is 23.9 Å². The van der Waals surface area contributed by atoms with Gasteiger partial charge in [0.25, 0.3) is 0 Å². The van der Waals surface area contributed by atoms with Crippen LogP contribution in [0, 0.1) is 0 Å². The van der Waals surface area contributed by atoms with Crippen molar-refractivity contribution in [2.75, 3.05) is 0 Å². The third-order valence-electron chi connectivity index (χ3n) is 0. The molecule has 0 atom stereocenters. The Morgan fingerprint density at radius 1 is 0.526 bits per heavy atom. The van der Waals surface area contributed by atoms with E-state index in [9.17, 15) is 0 Å². The van der Waals surface area contributed by atoms with Crippen molar-refractivity contribution in [1.82, 2.24) is 0 Å². The van der Waals surface area contributed by atoms with Gasteiger partial charge in [-0.25, -0.2) is 0 Å². The third kappa shape index (κ3) is 4330. The van der Waals surface area contributed by atoms with Gasteiger partial charge in [-0.1, -0.05) is 0 Å². The van der Waals surface area contributed by atoms with Crippen LogP contribution in [0.25, 0.3) is 0 Å². The quantitative estimate of drug-likeness (QED) is 0.397. The molecule has 0 radical (unpaired) electrons. The predicted octanol–water partition coefficient (Wildman–Crippen LogP) is -11.3. The summed E-state index contributed by atoms with van der Waals surface area (Å²) in [5.41, 5.74) is 0. The van der Waals surface area contributed by atoms with E-state index in [4.69, 9.17) is 39.6 Å². The molecule has 0 saturated carbocycles. The molecule has 0 aromatic carbocycles. The fraction of sp³-hybridized carbons (Fsp3) is 0.500. The van der Waals surface area contributed by atoms with Gasteiger partial charge in [-0.05, 0) is 27.7 Å². The largest absolute Gasteiger partial charge is 2.00 e. The van der Waals surface area contributed by atoms with Crippen LogP contribution < -0.4 is 79.5 Å². The van der Waals surface area contributed by atoms with Crippen molar-refractivity contribution in [3.8, 4) is 0 Å². The van der Waals surface area contributed by atoms with E-state index in [2.05, 4.69) is 0 Å². The summed E-state index contributed by atoms with van der Waals surface area (Å²) < 4.78 is 0. The number of aliphatic carboxylic acids is 4. The van der Waals surface area contributed by atoms with Crippen LogP contribution in [-0.2, 0) is 19.2 Å². The third-order valence-corrected chi connectivity index (χ3v) is 0. The molecule has 0 fully saturated rings. The van der Waals surface area contributed by atoms with Crippen LogP contribution in [0.2, 0.25) is 0 Å². The van der Waals surface area contributed by atoms with Gasteiger partial charge in [0.2, 0.25) is 0 Å².